The van der Waals surface area contributed by atoms with Gasteiger partial charge in [0, 0.05) is 25.4 Å². The fraction of sp³-hybridized carbons (Fsp3) is 0.261. The molecule has 3 heterocycles. The maximum absolute atomic E-state index is 4.99. The number of nitrogens with zero attached hydrogens (tertiary/aromatic N) is 5. The summed E-state index contributed by atoms with van der Waals surface area (Å²) in [7, 11) is 4.15. The average Bonchev–Trinajstić information content (AvgIpc) is 3.00. The van der Waals surface area contributed by atoms with Crippen LogP contribution in [0.4, 0.5) is 0 Å². The zero-order chi connectivity index (χ0) is 19.7. The summed E-state index contributed by atoms with van der Waals surface area (Å²) in [6, 6.07) is 14.9. The zero-order valence-corrected chi connectivity index (χ0v) is 16.8. The fourth-order valence-electron chi connectivity index (χ4n) is 3.48. The molecule has 142 valence electrons. The monoisotopic (exact) mass is 371 g/mol. The van der Waals surface area contributed by atoms with Gasteiger partial charge in [0.25, 0.3) is 0 Å². The number of hydrogen-bond donors (Lipinski definition) is 0. The summed E-state index contributed by atoms with van der Waals surface area (Å²) in [5.41, 5.74) is 7.68. The Morgan fingerprint density at radius 3 is 2.43 bits per heavy atom. The molecule has 0 atom stereocenters. The highest BCUT2D eigenvalue weighted by atomic mass is 15.1. The van der Waals surface area contributed by atoms with E-state index in [0.29, 0.717) is 0 Å². The first-order chi connectivity index (χ1) is 13.5. The maximum Gasteiger partial charge on any atom is 0.137 e. The molecule has 28 heavy (non-hydrogen) atoms. The van der Waals surface area contributed by atoms with Crippen LogP contribution in [-0.4, -0.2) is 38.3 Å². The van der Waals surface area contributed by atoms with E-state index >= 15 is 0 Å². The van der Waals surface area contributed by atoms with Crippen LogP contribution in [0.2, 0.25) is 0 Å². The highest BCUT2D eigenvalue weighted by molar-refractivity contribution is 5.65. The van der Waals surface area contributed by atoms with Gasteiger partial charge in [-0.05, 0) is 57.3 Å². The first kappa shape index (κ1) is 18.3. The Kier molecular flexibility index (Phi) is 4.92. The molecule has 4 rings (SSSR count). The van der Waals surface area contributed by atoms with E-state index < -0.39 is 0 Å². The Labute approximate surface area is 165 Å². The summed E-state index contributed by atoms with van der Waals surface area (Å²) in [6.07, 6.45) is 4.68. The number of imidazole rings is 1. The molecule has 4 aromatic rings. The minimum atomic E-state index is 0.762. The van der Waals surface area contributed by atoms with Crippen molar-refractivity contribution in [2.75, 3.05) is 14.1 Å². The van der Waals surface area contributed by atoms with Crippen LogP contribution in [0.5, 0.6) is 0 Å². The first-order valence-corrected chi connectivity index (χ1v) is 9.50. The molecule has 0 aliphatic heterocycles. The van der Waals surface area contributed by atoms with Crippen LogP contribution in [0.3, 0.4) is 0 Å². The van der Waals surface area contributed by atoms with Gasteiger partial charge in [0.15, 0.2) is 0 Å². The zero-order valence-electron chi connectivity index (χ0n) is 16.8. The number of pyridine rings is 1. The van der Waals surface area contributed by atoms with E-state index in [-0.39, 0.29) is 0 Å². The van der Waals surface area contributed by atoms with Crippen molar-refractivity contribution in [2.24, 2.45) is 0 Å². The topological polar surface area (TPSA) is 46.3 Å². The van der Waals surface area contributed by atoms with Gasteiger partial charge in [0.1, 0.15) is 11.5 Å². The molecular formula is C23H25N5. The van der Waals surface area contributed by atoms with E-state index in [9.17, 15) is 0 Å². The van der Waals surface area contributed by atoms with Crippen molar-refractivity contribution in [3.05, 3.63) is 83.1 Å². The summed E-state index contributed by atoms with van der Waals surface area (Å²) < 4.78 is 2.14. The lowest BCUT2D eigenvalue weighted by Gasteiger charge is -2.10. The standard InChI is InChI=1S/C23H25N5/c1-16-5-7-18(8-6-16)13-21-23(20-9-11-24-17(2)25-20)28-12-10-19(15-27(3)4)14-22(28)26-21/h5-12,14H,13,15H2,1-4H3. The number of benzene rings is 1. The van der Waals surface area contributed by atoms with Crippen molar-refractivity contribution in [2.45, 2.75) is 26.8 Å². The highest BCUT2D eigenvalue weighted by Gasteiger charge is 2.16. The molecular weight excluding hydrogens is 346 g/mol. The molecule has 0 spiro atoms. The van der Waals surface area contributed by atoms with Crippen LogP contribution in [0.15, 0.2) is 54.9 Å². The van der Waals surface area contributed by atoms with Gasteiger partial charge in [0.2, 0.25) is 0 Å². The third-order valence-electron chi connectivity index (χ3n) is 4.77. The summed E-state index contributed by atoms with van der Waals surface area (Å²) in [5, 5.41) is 0. The number of fused-ring (bicyclic) bond motifs is 1. The van der Waals surface area contributed by atoms with Crippen LogP contribution in [0.1, 0.15) is 28.2 Å². The van der Waals surface area contributed by atoms with Gasteiger partial charge in [-0.1, -0.05) is 29.8 Å². The molecule has 0 saturated heterocycles. The van der Waals surface area contributed by atoms with Crippen molar-refractivity contribution in [3.8, 4) is 11.4 Å². The van der Waals surface area contributed by atoms with Crippen LogP contribution in [0.25, 0.3) is 17.0 Å². The Morgan fingerprint density at radius 2 is 1.71 bits per heavy atom. The molecule has 0 radical (unpaired) electrons. The van der Waals surface area contributed by atoms with Crippen molar-refractivity contribution in [1.82, 2.24) is 24.3 Å². The van der Waals surface area contributed by atoms with Gasteiger partial charge in [-0.2, -0.15) is 0 Å². The number of rotatable bonds is 5. The van der Waals surface area contributed by atoms with Gasteiger partial charge in [-0.3, -0.25) is 4.40 Å². The second kappa shape index (κ2) is 7.52. The summed E-state index contributed by atoms with van der Waals surface area (Å²) in [5.74, 6) is 0.762. The van der Waals surface area contributed by atoms with Crippen LogP contribution in [0, 0.1) is 13.8 Å². The normalized spacial score (nSPS) is 11.5. The molecule has 5 nitrogen and oxygen atoms in total. The molecule has 0 aliphatic rings. The second-order valence-electron chi connectivity index (χ2n) is 7.56. The van der Waals surface area contributed by atoms with Crippen molar-refractivity contribution in [1.29, 1.82) is 0 Å². The Morgan fingerprint density at radius 1 is 0.929 bits per heavy atom. The average molecular weight is 371 g/mol. The molecule has 0 bridgehead atoms. The molecule has 0 fully saturated rings. The Balaban J connectivity index is 1.85. The quantitative estimate of drug-likeness (QED) is 0.531. The molecule has 0 amide bonds. The predicted octanol–water partition coefficient (Wildman–Crippen LogP) is 4.06. The van der Waals surface area contributed by atoms with E-state index in [0.717, 1.165) is 41.5 Å². The molecule has 0 unspecified atom stereocenters. The summed E-state index contributed by atoms with van der Waals surface area (Å²) >= 11 is 0. The van der Waals surface area contributed by atoms with Gasteiger partial charge in [0.05, 0.1) is 17.1 Å². The molecule has 3 aromatic heterocycles. The summed E-state index contributed by atoms with van der Waals surface area (Å²) in [4.78, 5) is 16.1. The Bertz CT molecular complexity index is 1110. The maximum atomic E-state index is 4.99. The van der Waals surface area contributed by atoms with E-state index in [1.807, 2.05) is 19.2 Å². The smallest absolute Gasteiger partial charge is 0.137 e. The minimum Gasteiger partial charge on any atom is -0.305 e. The number of aryl methyl sites for hydroxylation is 2. The van der Waals surface area contributed by atoms with Gasteiger partial charge in [-0.25, -0.2) is 15.0 Å². The molecule has 0 aliphatic carbocycles. The summed E-state index contributed by atoms with van der Waals surface area (Å²) in [6.45, 7) is 4.91. The second-order valence-corrected chi connectivity index (χ2v) is 7.56. The number of hydrogen-bond acceptors (Lipinski definition) is 4. The molecule has 5 heteroatoms. The third-order valence-corrected chi connectivity index (χ3v) is 4.77. The molecule has 0 N–H and O–H groups in total. The SMILES string of the molecule is Cc1ccc(Cc2nc3cc(CN(C)C)ccn3c2-c2ccnc(C)n2)cc1. The highest BCUT2D eigenvalue weighted by Crippen LogP contribution is 2.26. The van der Waals surface area contributed by atoms with Gasteiger partial charge < -0.3 is 4.90 Å². The fourth-order valence-corrected chi connectivity index (χ4v) is 3.48. The van der Waals surface area contributed by atoms with Crippen LogP contribution in [-0.2, 0) is 13.0 Å². The number of aromatic nitrogens is 4. The third kappa shape index (κ3) is 3.80. The van der Waals surface area contributed by atoms with E-state index in [1.165, 1.54) is 16.7 Å². The van der Waals surface area contributed by atoms with Crippen LogP contribution >= 0.6 is 0 Å². The van der Waals surface area contributed by atoms with E-state index in [1.54, 1.807) is 0 Å². The first-order valence-electron chi connectivity index (χ1n) is 9.50. The van der Waals surface area contributed by atoms with Crippen molar-refractivity contribution < 1.29 is 0 Å². The largest absolute Gasteiger partial charge is 0.305 e. The van der Waals surface area contributed by atoms with Crippen LogP contribution < -0.4 is 0 Å². The van der Waals surface area contributed by atoms with Crippen molar-refractivity contribution >= 4 is 5.65 Å². The lowest BCUT2D eigenvalue weighted by molar-refractivity contribution is 0.402. The predicted molar refractivity (Wildman–Crippen MR) is 112 cm³/mol. The van der Waals surface area contributed by atoms with Gasteiger partial charge in [-0.15, -0.1) is 0 Å². The lowest BCUT2D eigenvalue weighted by atomic mass is 10.1. The lowest BCUT2D eigenvalue weighted by Crippen LogP contribution is -2.10. The van der Waals surface area contributed by atoms with E-state index in [4.69, 9.17) is 4.98 Å². The van der Waals surface area contributed by atoms with E-state index in [2.05, 4.69) is 82.9 Å². The molecule has 1 aromatic carbocycles. The minimum absolute atomic E-state index is 0.762. The van der Waals surface area contributed by atoms with Gasteiger partial charge >= 0.3 is 0 Å². The van der Waals surface area contributed by atoms with Crippen molar-refractivity contribution in [3.63, 3.8) is 0 Å². The molecule has 0 saturated carbocycles. The Hall–Kier alpha value is -3.05.